The number of aromatic hydroxyl groups is 1. The number of nitrogens with zero attached hydrogens (tertiary/aromatic N) is 1. The van der Waals surface area contributed by atoms with Crippen LogP contribution in [0, 0.1) is 5.92 Å². The van der Waals surface area contributed by atoms with Gasteiger partial charge in [-0.2, -0.15) is 0 Å². The Morgan fingerprint density at radius 2 is 2.22 bits per heavy atom. The number of likely N-dealkylation sites (N-methyl/N-ethyl adjacent to an activating group) is 1. The zero-order valence-corrected chi connectivity index (χ0v) is 11.0. The van der Waals surface area contributed by atoms with Gasteiger partial charge in [0, 0.05) is 12.1 Å². The van der Waals surface area contributed by atoms with E-state index in [1.54, 1.807) is 0 Å². The van der Waals surface area contributed by atoms with Crippen molar-refractivity contribution in [3.05, 3.63) is 29.3 Å². The van der Waals surface area contributed by atoms with Crippen molar-refractivity contribution in [3.8, 4) is 5.75 Å². The van der Waals surface area contributed by atoms with Gasteiger partial charge in [-0.05, 0) is 61.4 Å². The number of benzene rings is 1. The highest BCUT2D eigenvalue weighted by Gasteiger charge is 2.54. The summed E-state index contributed by atoms with van der Waals surface area (Å²) in [6.07, 6.45) is 6.73. The lowest BCUT2D eigenvalue weighted by molar-refractivity contribution is -0.0473. The second kappa shape index (κ2) is 3.51. The second-order valence-electron chi connectivity index (χ2n) is 6.45. The Balaban J connectivity index is 1.96. The van der Waals surface area contributed by atoms with E-state index in [1.165, 1.54) is 49.8 Å². The summed E-state index contributed by atoms with van der Waals surface area (Å²) in [6, 6.07) is 6.10. The van der Waals surface area contributed by atoms with Crippen LogP contribution in [0.4, 0.5) is 0 Å². The SMILES string of the molecule is CN1CC2CC3CCCCC31c1cc(O)ccc12. The fourth-order valence-corrected chi connectivity index (χ4v) is 5.02. The van der Waals surface area contributed by atoms with Gasteiger partial charge < -0.3 is 5.11 Å². The first-order valence-electron chi connectivity index (χ1n) is 7.26. The van der Waals surface area contributed by atoms with Crippen molar-refractivity contribution in [3.63, 3.8) is 0 Å². The van der Waals surface area contributed by atoms with Crippen molar-refractivity contribution in [2.24, 2.45) is 5.92 Å². The molecule has 0 radical (unpaired) electrons. The van der Waals surface area contributed by atoms with Gasteiger partial charge in [0.25, 0.3) is 0 Å². The molecule has 1 aromatic carbocycles. The van der Waals surface area contributed by atoms with E-state index in [0.717, 1.165) is 5.92 Å². The fraction of sp³-hybridized carbons (Fsp3) is 0.625. The highest BCUT2D eigenvalue weighted by molar-refractivity contribution is 5.47. The lowest BCUT2D eigenvalue weighted by atomic mass is 9.56. The van der Waals surface area contributed by atoms with E-state index in [2.05, 4.69) is 24.1 Å². The zero-order valence-electron chi connectivity index (χ0n) is 11.0. The number of piperidine rings is 1. The molecule has 3 atom stereocenters. The van der Waals surface area contributed by atoms with Crippen molar-refractivity contribution in [2.45, 2.75) is 43.6 Å². The molecule has 1 aromatic rings. The van der Waals surface area contributed by atoms with Crippen molar-refractivity contribution in [1.82, 2.24) is 4.90 Å². The molecule has 1 N–H and O–H groups in total. The van der Waals surface area contributed by atoms with Crippen LogP contribution in [0.15, 0.2) is 18.2 Å². The molecule has 2 heterocycles. The zero-order chi connectivity index (χ0) is 12.3. The predicted molar refractivity (Wildman–Crippen MR) is 71.7 cm³/mol. The summed E-state index contributed by atoms with van der Waals surface area (Å²) in [6.45, 7) is 1.20. The molecule has 2 bridgehead atoms. The van der Waals surface area contributed by atoms with Crippen LogP contribution in [0.1, 0.15) is 49.1 Å². The number of phenolic OH excluding ortho intramolecular Hbond substituents is 1. The minimum absolute atomic E-state index is 0.237. The van der Waals surface area contributed by atoms with Crippen LogP contribution in [-0.2, 0) is 5.54 Å². The molecule has 1 spiro atoms. The highest BCUT2D eigenvalue weighted by Crippen LogP contribution is 2.59. The van der Waals surface area contributed by atoms with E-state index in [-0.39, 0.29) is 5.54 Å². The van der Waals surface area contributed by atoms with Gasteiger partial charge in [0.1, 0.15) is 5.75 Å². The molecule has 2 fully saturated rings. The van der Waals surface area contributed by atoms with Crippen LogP contribution >= 0.6 is 0 Å². The molecular formula is C16H21NO. The van der Waals surface area contributed by atoms with E-state index < -0.39 is 0 Å². The molecule has 18 heavy (non-hydrogen) atoms. The van der Waals surface area contributed by atoms with Gasteiger partial charge >= 0.3 is 0 Å². The Morgan fingerprint density at radius 3 is 3.11 bits per heavy atom. The summed E-state index contributed by atoms with van der Waals surface area (Å²) in [7, 11) is 2.29. The van der Waals surface area contributed by atoms with Crippen molar-refractivity contribution < 1.29 is 5.11 Å². The minimum Gasteiger partial charge on any atom is -0.508 e. The third kappa shape index (κ3) is 1.17. The third-order valence-electron chi connectivity index (χ3n) is 5.72. The van der Waals surface area contributed by atoms with Gasteiger partial charge in [-0.25, -0.2) is 0 Å². The smallest absolute Gasteiger partial charge is 0.115 e. The van der Waals surface area contributed by atoms with E-state index in [1.807, 2.05) is 6.07 Å². The average molecular weight is 243 g/mol. The Labute approximate surface area is 109 Å². The summed E-state index contributed by atoms with van der Waals surface area (Å²) in [5.41, 5.74) is 3.20. The fourth-order valence-electron chi connectivity index (χ4n) is 5.02. The van der Waals surface area contributed by atoms with E-state index in [9.17, 15) is 5.11 Å². The molecule has 2 nitrogen and oxygen atoms in total. The number of rotatable bonds is 0. The van der Waals surface area contributed by atoms with Crippen molar-refractivity contribution in [1.29, 1.82) is 0 Å². The topological polar surface area (TPSA) is 23.5 Å². The third-order valence-corrected chi connectivity index (χ3v) is 5.72. The summed E-state index contributed by atoms with van der Waals surface area (Å²) < 4.78 is 0. The van der Waals surface area contributed by atoms with Gasteiger partial charge in [0.2, 0.25) is 0 Å². The first kappa shape index (κ1) is 10.9. The molecule has 96 valence electrons. The molecule has 3 unspecified atom stereocenters. The lowest BCUT2D eigenvalue weighted by Gasteiger charge is -2.60. The van der Waals surface area contributed by atoms with E-state index >= 15 is 0 Å². The predicted octanol–water partition coefficient (Wildman–Crippen LogP) is 3.21. The van der Waals surface area contributed by atoms with Crippen LogP contribution in [0.5, 0.6) is 5.75 Å². The van der Waals surface area contributed by atoms with E-state index in [0.29, 0.717) is 11.7 Å². The monoisotopic (exact) mass is 243 g/mol. The molecule has 5 rings (SSSR count). The maximum absolute atomic E-state index is 9.87. The Hall–Kier alpha value is -1.02. The Bertz CT molecular complexity index is 498. The van der Waals surface area contributed by atoms with Crippen LogP contribution < -0.4 is 0 Å². The van der Waals surface area contributed by atoms with Crippen molar-refractivity contribution in [2.75, 3.05) is 13.6 Å². The molecule has 0 aromatic heterocycles. The summed E-state index contributed by atoms with van der Waals surface area (Å²) in [5, 5.41) is 9.87. The molecule has 1 saturated carbocycles. The summed E-state index contributed by atoms with van der Waals surface area (Å²) in [5.74, 6) is 1.94. The Kier molecular flexibility index (Phi) is 2.12. The minimum atomic E-state index is 0.237. The van der Waals surface area contributed by atoms with Crippen LogP contribution in [0.2, 0.25) is 0 Å². The second-order valence-corrected chi connectivity index (χ2v) is 6.45. The van der Waals surface area contributed by atoms with Crippen LogP contribution in [-0.4, -0.2) is 23.6 Å². The maximum atomic E-state index is 9.87. The molecule has 2 heteroatoms. The maximum Gasteiger partial charge on any atom is 0.115 e. The standard InChI is InChI=1S/C16H21NO/c1-17-10-11-8-12-4-2-3-7-16(12,17)15-9-13(18)5-6-14(11)15/h5-6,9,11-12,18H,2-4,7-8,10H2,1H3. The lowest BCUT2D eigenvalue weighted by Crippen LogP contribution is -2.60. The van der Waals surface area contributed by atoms with Gasteiger partial charge in [-0.15, -0.1) is 0 Å². The van der Waals surface area contributed by atoms with Crippen LogP contribution in [0.3, 0.4) is 0 Å². The first-order valence-corrected chi connectivity index (χ1v) is 7.26. The molecule has 2 aliphatic carbocycles. The quantitative estimate of drug-likeness (QED) is 0.756. The normalized spacial score (nSPS) is 38.3. The van der Waals surface area contributed by atoms with Gasteiger partial charge in [0.05, 0.1) is 0 Å². The van der Waals surface area contributed by atoms with Crippen molar-refractivity contribution >= 4 is 0 Å². The largest absolute Gasteiger partial charge is 0.508 e. The number of hydrogen-bond donors (Lipinski definition) is 1. The summed E-state index contributed by atoms with van der Waals surface area (Å²) in [4.78, 5) is 2.59. The molecule has 2 aliphatic heterocycles. The molecule has 1 saturated heterocycles. The average Bonchev–Trinajstić information content (AvgIpc) is 2.38. The van der Waals surface area contributed by atoms with Gasteiger partial charge in [-0.3, -0.25) is 4.90 Å². The number of hydrogen-bond acceptors (Lipinski definition) is 2. The highest BCUT2D eigenvalue weighted by atomic mass is 16.3. The molecular weight excluding hydrogens is 222 g/mol. The molecule has 0 amide bonds. The number of fused-ring (bicyclic) bond motifs is 1. The van der Waals surface area contributed by atoms with E-state index in [4.69, 9.17) is 0 Å². The Morgan fingerprint density at radius 1 is 1.33 bits per heavy atom. The summed E-state index contributed by atoms with van der Waals surface area (Å²) >= 11 is 0. The van der Waals surface area contributed by atoms with Gasteiger partial charge in [0.15, 0.2) is 0 Å². The van der Waals surface area contributed by atoms with Gasteiger partial charge in [-0.1, -0.05) is 18.9 Å². The van der Waals surface area contributed by atoms with Crippen LogP contribution in [0.25, 0.3) is 0 Å². The first-order chi connectivity index (χ1) is 8.72. The number of phenols is 1. The molecule has 4 aliphatic rings.